The minimum absolute atomic E-state index is 0.519. The van der Waals surface area contributed by atoms with Gasteiger partial charge in [0.15, 0.2) is 0 Å². The maximum Gasteiger partial charge on any atom is 0.0561 e. The number of hydrogen-bond donors (Lipinski definition) is 1. The Morgan fingerprint density at radius 1 is 1.47 bits per heavy atom. The first-order chi connectivity index (χ1) is 8.16. The van der Waals surface area contributed by atoms with E-state index in [-0.39, 0.29) is 0 Å². The van der Waals surface area contributed by atoms with Crippen molar-refractivity contribution < 1.29 is 0 Å². The van der Waals surface area contributed by atoms with Gasteiger partial charge in [0.2, 0.25) is 0 Å². The molecule has 0 spiro atoms. The van der Waals surface area contributed by atoms with Gasteiger partial charge < -0.3 is 10.2 Å². The van der Waals surface area contributed by atoms with Gasteiger partial charge in [0, 0.05) is 17.5 Å². The van der Waals surface area contributed by atoms with Crippen LogP contribution in [0.2, 0.25) is 0 Å². The number of likely N-dealkylation sites (N-methyl/N-ethyl adjacent to an activating group) is 1. The molecule has 1 aliphatic carbocycles. The molecule has 2 nitrogen and oxygen atoms in total. The summed E-state index contributed by atoms with van der Waals surface area (Å²) >= 11 is 1.86. The van der Waals surface area contributed by atoms with Gasteiger partial charge in [-0.3, -0.25) is 0 Å². The van der Waals surface area contributed by atoms with Crippen LogP contribution in [-0.2, 0) is 0 Å². The molecule has 1 aromatic rings. The second-order valence-corrected chi connectivity index (χ2v) is 6.50. The molecule has 1 saturated carbocycles. The lowest BCUT2D eigenvalue weighted by Crippen LogP contribution is -2.35. The Hall–Kier alpha value is -0.380. The highest BCUT2D eigenvalue weighted by molar-refractivity contribution is 7.10. The van der Waals surface area contributed by atoms with E-state index >= 15 is 0 Å². The lowest BCUT2D eigenvalue weighted by molar-refractivity contribution is 0.282. The van der Waals surface area contributed by atoms with E-state index in [0.29, 0.717) is 6.04 Å². The molecule has 3 atom stereocenters. The van der Waals surface area contributed by atoms with Crippen molar-refractivity contribution in [3.63, 3.8) is 0 Å². The Morgan fingerprint density at radius 3 is 2.82 bits per heavy atom. The van der Waals surface area contributed by atoms with Crippen LogP contribution in [0.3, 0.4) is 0 Å². The predicted molar refractivity (Wildman–Crippen MR) is 75.6 cm³/mol. The highest BCUT2D eigenvalue weighted by Gasteiger charge is 2.23. The van der Waals surface area contributed by atoms with Crippen molar-refractivity contribution in [3.05, 3.63) is 22.4 Å². The van der Waals surface area contributed by atoms with E-state index in [0.717, 1.165) is 18.5 Å². The normalized spacial score (nSPS) is 26.6. The smallest absolute Gasteiger partial charge is 0.0561 e. The van der Waals surface area contributed by atoms with Gasteiger partial charge in [-0.1, -0.05) is 13.0 Å². The largest absolute Gasteiger partial charge is 0.312 e. The van der Waals surface area contributed by atoms with E-state index in [1.807, 2.05) is 11.3 Å². The van der Waals surface area contributed by atoms with Crippen LogP contribution in [0.5, 0.6) is 0 Å². The van der Waals surface area contributed by atoms with Gasteiger partial charge >= 0.3 is 0 Å². The van der Waals surface area contributed by atoms with Crippen LogP contribution in [0.15, 0.2) is 17.5 Å². The molecule has 0 amide bonds. The standard InChI is InChI=1S/C14H24N2S/c1-11-6-7-12(9-11)15-10-13(16(2)3)14-5-4-8-17-14/h4-5,8,11-13,15H,6-7,9-10H2,1-3H3. The van der Waals surface area contributed by atoms with Crippen molar-refractivity contribution in [2.24, 2.45) is 5.92 Å². The van der Waals surface area contributed by atoms with Gasteiger partial charge in [0.1, 0.15) is 0 Å². The van der Waals surface area contributed by atoms with Crippen molar-refractivity contribution in [1.29, 1.82) is 0 Å². The molecule has 0 saturated heterocycles. The molecule has 96 valence electrons. The maximum atomic E-state index is 3.75. The van der Waals surface area contributed by atoms with Crippen molar-refractivity contribution in [2.75, 3.05) is 20.6 Å². The second kappa shape index (κ2) is 5.98. The molecule has 3 unspecified atom stereocenters. The molecule has 1 aromatic heterocycles. The maximum absolute atomic E-state index is 3.75. The third-order valence-electron chi connectivity index (χ3n) is 3.79. The van der Waals surface area contributed by atoms with Crippen LogP contribution in [0.25, 0.3) is 0 Å². The van der Waals surface area contributed by atoms with E-state index in [4.69, 9.17) is 0 Å². The summed E-state index contributed by atoms with van der Waals surface area (Å²) in [6.07, 6.45) is 4.10. The van der Waals surface area contributed by atoms with Crippen LogP contribution >= 0.6 is 11.3 Å². The van der Waals surface area contributed by atoms with Crippen LogP contribution in [0, 0.1) is 5.92 Å². The lowest BCUT2D eigenvalue weighted by atomic mass is 10.1. The topological polar surface area (TPSA) is 15.3 Å². The van der Waals surface area contributed by atoms with Gasteiger partial charge in [-0.25, -0.2) is 0 Å². The molecule has 0 aliphatic heterocycles. The average molecular weight is 252 g/mol. The number of rotatable bonds is 5. The predicted octanol–water partition coefficient (Wildman–Crippen LogP) is 3.13. The first kappa shape index (κ1) is 13.1. The van der Waals surface area contributed by atoms with Gasteiger partial charge in [0.05, 0.1) is 6.04 Å². The quantitative estimate of drug-likeness (QED) is 0.866. The summed E-state index contributed by atoms with van der Waals surface area (Å²) in [5, 5.41) is 5.92. The van der Waals surface area contributed by atoms with E-state index in [9.17, 15) is 0 Å². The number of hydrogen-bond acceptors (Lipinski definition) is 3. The van der Waals surface area contributed by atoms with Gasteiger partial charge in [0.25, 0.3) is 0 Å². The van der Waals surface area contributed by atoms with Crippen LogP contribution in [-0.4, -0.2) is 31.6 Å². The molecule has 1 N–H and O–H groups in total. The summed E-state index contributed by atoms with van der Waals surface area (Å²) in [6.45, 7) is 3.44. The summed E-state index contributed by atoms with van der Waals surface area (Å²) in [5.41, 5.74) is 0. The molecule has 1 fully saturated rings. The van der Waals surface area contributed by atoms with Gasteiger partial charge in [-0.15, -0.1) is 11.3 Å². The monoisotopic (exact) mass is 252 g/mol. The van der Waals surface area contributed by atoms with Crippen molar-refractivity contribution in [2.45, 2.75) is 38.3 Å². The van der Waals surface area contributed by atoms with Crippen molar-refractivity contribution in [3.8, 4) is 0 Å². The van der Waals surface area contributed by atoms with E-state index in [1.54, 1.807) is 0 Å². The minimum atomic E-state index is 0.519. The molecule has 1 heterocycles. The van der Waals surface area contributed by atoms with Crippen LogP contribution < -0.4 is 5.32 Å². The summed E-state index contributed by atoms with van der Waals surface area (Å²) in [7, 11) is 4.34. The van der Waals surface area contributed by atoms with Crippen LogP contribution in [0.4, 0.5) is 0 Å². The summed E-state index contributed by atoms with van der Waals surface area (Å²) < 4.78 is 0. The fraction of sp³-hybridized carbons (Fsp3) is 0.714. The Bertz CT molecular complexity index is 321. The molecule has 17 heavy (non-hydrogen) atoms. The first-order valence-electron chi connectivity index (χ1n) is 6.60. The third-order valence-corrected chi connectivity index (χ3v) is 4.76. The molecule has 2 rings (SSSR count). The zero-order chi connectivity index (χ0) is 12.3. The third kappa shape index (κ3) is 3.54. The van der Waals surface area contributed by atoms with Crippen molar-refractivity contribution in [1.82, 2.24) is 10.2 Å². The second-order valence-electron chi connectivity index (χ2n) is 5.52. The molecule has 0 aromatic carbocycles. The van der Waals surface area contributed by atoms with E-state index in [1.165, 1.54) is 24.1 Å². The van der Waals surface area contributed by atoms with Gasteiger partial charge in [-0.2, -0.15) is 0 Å². The number of nitrogens with zero attached hydrogens (tertiary/aromatic N) is 1. The van der Waals surface area contributed by atoms with Crippen LogP contribution in [0.1, 0.15) is 37.1 Å². The Morgan fingerprint density at radius 2 is 2.29 bits per heavy atom. The number of nitrogens with one attached hydrogen (secondary N) is 1. The lowest BCUT2D eigenvalue weighted by Gasteiger charge is -2.25. The molecular weight excluding hydrogens is 228 g/mol. The summed E-state index contributed by atoms with van der Waals surface area (Å²) in [6, 6.07) is 5.65. The summed E-state index contributed by atoms with van der Waals surface area (Å²) in [4.78, 5) is 3.78. The van der Waals surface area contributed by atoms with E-state index in [2.05, 4.69) is 48.7 Å². The minimum Gasteiger partial charge on any atom is -0.312 e. The highest BCUT2D eigenvalue weighted by atomic mass is 32.1. The summed E-state index contributed by atoms with van der Waals surface area (Å²) in [5.74, 6) is 0.909. The highest BCUT2D eigenvalue weighted by Crippen LogP contribution is 2.26. The van der Waals surface area contributed by atoms with Gasteiger partial charge in [-0.05, 0) is 50.7 Å². The Balaban J connectivity index is 1.86. The first-order valence-corrected chi connectivity index (χ1v) is 7.48. The SMILES string of the molecule is CC1CCC(NCC(c2cccs2)N(C)C)C1. The molecule has 1 aliphatic rings. The molecular formula is C14H24N2S. The fourth-order valence-electron chi connectivity index (χ4n) is 2.69. The zero-order valence-electron chi connectivity index (χ0n) is 11.1. The molecule has 0 radical (unpaired) electrons. The average Bonchev–Trinajstić information content (AvgIpc) is 2.90. The Kier molecular flexibility index (Phi) is 4.60. The zero-order valence-corrected chi connectivity index (χ0v) is 12.0. The Labute approximate surface area is 109 Å². The van der Waals surface area contributed by atoms with Crippen molar-refractivity contribution >= 4 is 11.3 Å². The molecule has 3 heteroatoms. The fourth-order valence-corrected chi connectivity index (χ4v) is 3.61. The number of thiophene rings is 1. The van der Waals surface area contributed by atoms with E-state index < -0.39 is 0 Å². The molecule has 0 bridgehead atoms.